The van der Waals surface area contributed by atoms with Crippen molar-refractivity contribution in [2.24, 2.45) is 0 Å². The van der Waals surface area contributed by atoms with Gasteiger partial charge >= 0.3 is 5.97 Å². The van der Waals surface area contributed by atoms with Gasteiger partial charge in [0.05, 0.1) is 0 Å². The van der Waals surface area contributed by atoms with Crippen LogP contribution in [-0.4, -0.2) is 22.7 Å². The van der Waals surface area contributed by atoms with E-state index in [1.54, 1.807) is 19.1 Å². The van der Waals surface area contributed by atoms with Crippen molar-refractivity contribution in [3.63, 3.8) is 0 Å². The van der Waals surface area contributed by atoms with Crippen LogP contribution in [0.3, 0.4) is 0 Å². The van der Waals surface area contributed by atoms with Gasteiger partial charge in [-0.1, -0.05) is 19.1 Å². The van der Waals surface area contributed by atoms with Crippen LogP contribution in [0.2, 0.25) is 0 Å². The molecule has 1 aromatic carbocycles. The molecule has 0 spiro atoms. The lowest BCUT2D eigenvalue weighted by Gasteiger charge is -2.26. The van der Waals surface area contributed by atoms with Crippen molar-refractivity contribution in [1.82, 2.24) is 5.32 Å². The summed E-state index contributed by atoms with van der Waals surface area (Å²) in [5, 5.41) is 21.2. The van der Waals surface area contributed by atoms with Crippen LogP contribution in [0.15, 0.2) is 24.3 Å². The molecule has 0 amide bonds. The zero-order valence-corrected chi connectivity index (χ0v) is 8.82. The average molecular weight is 209 g/mol. The van der Waals surface area contributed by atoms with Crippen LogP contribution in [0.25, 0.3) is 0 Å². The minimum atomic E-state index is -1.11. The van der Waals surface area contributed by atoms with Crippen molar-refractivity contribution >= 4 is 5.97 Å². The summed E-state index contributed by atoms with van der Waals surface area (Å²) in [5.41, 5.74) is -0.489. The van der Waals surface area contributed by atoms with Gasteiger partial charge in [-0.25, -0.2) is 4.79 Å². The Hall–Kier alpha value is -1.55. The number of hydrogen-bond donors (Lipinski definition) is 3. The van der Waals surface area contributed by atoms with Crippen molar-refractivity contribution < 1.29 is 15.0 Å². The molecule has 4 heteroatoms. The number of phenols is 1. The van der Waals surface area contributed by atoms with E-state index in [0.717, 1.165) is 0 Å². The number of nitrogens with one attached hydrogen (secondary N) is 1. The van der Waals surface area contributed by atoms with Gasteiger partial charge in [0, 0.05) is 0 Å². The number of aliphatic carboxylic acids is 1. The molecule has 0 aliphatic carbocycles. The summed E-state index contributed by atoms with van der Waals surface area (Å²) in [4.78, 5) is 11.2. The van der Waals surface area contributed by atoms with Crippen molar-refractivity contribution in [2.75, 3.05) is 6.54 Å². The molecule has 0 aliphatic heterocycles. The molecule has 0 saturated carbocycles. The Bertz CT molecular complexity index is 347. The smallest absolute Gasteiger partial charge is 0.328 e. The maximum absolute atomic E-state index is 11.2. The van der Waals surface area contributed by atoms with Crippen LogP contribution in [0, 0.1) is 0 Å². The Morgan fingerprint density at radius 1 is 1.40 bits per heavy atom. The van der Waals surface area contributed by atoms with Crippen LogP contribution in [0.4, 0.5) is 0 Å². The highest BCUT2D eigenvalue weighted by Crippen LogP contribution is 2.23. The van der Waals surface area contributed by atoms with E-state index in [1.165, 1.54) is 12.1 Å². The van der Waals surface area contributed by atoms with E-state index in [2.05, 4.69) is 5.32 Å². The van der Waals surface area contributed by atoms with E-state index >= 15 is 0 Å². The van der Waals surface area contributed by atoms with Crippen molar-refractivity contribution in [3.8, 4) is 5.75 Å². The Balaban J connectivity index is 3.09. The molecule has 1 unspecified atom stereocenters. The van der Waals surface area contributed by atoms with Crippen LogP contribution in [0.1, 0.15) is 19.4 Å². The van der Waals surface area contributed by atoms with Gasteiger partial charge in [-0.2, -0.15) is 0 Å². The van der Waals surface area contributed by atoms with E-state index in [9.17, 15) is 4.79 Å². The SMILES string of the molecule is CCNC(C)(C(=O)O)c1ccc(O)cc1. The summed E-state index contributed by atoms with van der Waals surface area (Å²) in [6, 6.07) is 6.17. The molecule has 1 atom stereocenters. The molecule has 1 rings (SSSR count). The summed E-state index contributed by atoms with van der Waals surface area (Å²) in [6.45, 7) is 4.01. The average Bonchev–Trinajstić information content (AvgIpc) is 2.18. The number of likely N-dealkylation sites (N-methyl/N-ethyl adjacent to an activating group) is 1. The lowest BCUT2D eigenvalue weighted by molar-refractivity contribution is -0.144. The monoisotopic (exact) mass is 209 g/mol. The highest BCUT2D eigenvalue weighted by molar-refractivity contribution is 5.80. The molecule has 0 bridgehead atoms. The molecule has 4 nitrogen and oxygen atoms in total. The molecule has 0 saturated heterocycles. The number of carboxylic acids is 1. The minimum absolute atomic E-state index is 0.128. The third kappa shape index (κ3) is 2.27. The van der Waals surface area contributed by atoms with Gasteiger partial charge in [-0.3, -0.25) is 5.32 Å². The van der Waals surface area contributed by atoms with Crippen LogP contribution in [0.5, 0.6) is 5.75 Å². The second kappa shape index (κ2) is 4.31. The van der Waals surface area contributed by atoms with Gasteiger partial charge < -0.3 is 10.2 Å². The van der Waals surface area contributed by atoms with Gasteiger partial charge in [0.15, 0.2) is 0 Å². The number of carbonyl (C=O) groups is 1. The topological polar surface area (TPSA) is 69.6 Å². The molecule has 0 aromatic heterocycles. The lowest BCUT2D eigenvalue weighted by Crippen LogP contribution is -2.46. The van der Waals surface area contributed by atoms with Gasteiger partial charge in [-0.05, 0) is 31.2 Å². The number of aromatic hydroxyl groups is 1. The number of phenolic OH excluding ortho intramolecular Hbond substituents is 1. The zero-order valence-electron chi connectivity index (χ0n) is 8.82. The maximum atomic E-state index is 11.2. The standard InChI is InChI=1S/C11H15NO3/c1-3-12-11(2,10(14)15)8-4-6-9(13)7-5-8/h4-7,12-13H,3H2,1-2H3,(H,14,15). The molecule has 82 valence electrons. The summed E-state index contributed by atoms with van der Waals surface area (Å²) in [6.07, 6.45) is 0. The molecule has 0 heterocycles. The highest BCUT2D eigenvalue weighted by atomic mass is 16.4. The third-order valence-corrected chi connectivity index (χ3v) is 2.40. The summed E-state index contributed by atoms with van der Waals surface area (Å²) in [5.74, 6) is -0.807. The molecule has 0 fully saturated rings. The lowest BCUT2D eigenvalue weighted by atomic mass is 9.92. The fraction of sp³-hybridized carbons (Fsp3) is 0.364. The minimum Gasteiger partial charge on any atom is -0.508 e. The maximum Gasteiger partial charge on any atom is 0.328 e. The van der Waals surface area contributed by atoms with Crippen LogP contribution < -0.4 is 5.32 Å². The first kappa shape index (κ1) is 11.5. The van der Waals surface area contributed by atoms with E-state index in [-0.39, 0.29) is 5.75 Å². The Kier molecular flexibility index (Phi) is 3.31. The Labute approximate surface area is 88.6 Å². The predicted molar refractivity (Wildman–Crippen MR) is 56.8 cm³/mol. The van der Waals surface area contributed by atoms with Gasteiger partial charge in [0.1, 0.15) is 11.3 Å². The molecular weight excluding hydrogens is 194 g/mol. The van der Waals surface area contributed by atoms with E-state index in [1.807, 2.05) is 6.92 Å². The van der Waals surface area contributed by atoms with Gasteiger partial charge in [-0.15, -0.1) is 0 Å². The molecule has 3 N–H and O–H groups in total. The van der Waals surface area contributed by atoms with Gasteiger partial charge in [0.25, 0.3) is 0 Å². The Morgan fingerprint density at radius 3 is 2.33 bits per heavy atom. The van der Waals surface area contributed by atoms with Crippen molar-refractivity contribution in [1.29, 1.82) is 0 Å². The summed E-state index contributed by atoms with van der Waals surface area (Å²) in [7, 11) is 0. The van der Waals surface area contributed by atoms with Crippen LogP contribution >= 0.6 is 0 Å². The van der Waals surface area contributed by atoms with E-state index in [0.29, 0.717) is 12.1 Å². The van der Waals surface area contributed by atoms with Crippen molar-refractivity contribution in [2.45, 2.75) is 19.4 Å². The molecular formula is C11H15NO3. The Morgan fingerprint density at radius 2 is 1.93 bits per heavy atom. The largest absolute Gasteiger partial charge is 0.508 e. The first-order valence-corrected chi connectivity index (χ1v) is 4.78. The molecule has 15 heavy (non-hydrogen) atoms. The number of rotatable bonds is 4. The normalized spacial score (nSPS) is 14.5. The quantitative estimate of drug-likeness (QED) is 0.699. The number of hydrogen-bond acceptors (Lipinski definition) is 3. The second-order valence-corrected chi connectivity index (χ2v) is 3.51. The highest BCUT2D eigenvalue weighted by Gasteiger charge is 2.33. The molecule has 0 radical (unpaired) electrons. The summed E-state index contributed by atoms with van der Waals surface area (Å²) >= 11 is 0. The fourth-order valence-corrected chi connectivity index (χ4v) is 1.45. The fourth-order valence-electron chi connectivity index (χ4n) is 1.45. The first-order valence-electron chi connectivity index (χ1n) is 4.78. The summed E-state index contributed by atoms with van der Waals surface area (Å²) < 4.78 is 0. The van der Waals surface area contributed by atoms with Gasteiger partial charge in [0.2, 0.25) is 0 Å². The predicted octanol–water partition coefficient (Wildman–Crippen LogP) is 1.30. The van der Waals surface area contributed by atoms with Crippen LogP contribution in [-0.2, 0) is 10.3 Å². The number of carboxylic acid groups (broad SMARTS) is 1. The third-order valence-electron chi connectivity index (χ3n) is 2.40. The molecule has 0 aliphatic rings. The van der Waals surface area contributed by atoms with E-state index < -0.39 is 11.5 Å². The number of benzene rings is 1. The zero-order chi connectivity index (χ0) is 11.5. The molecule has 1 aromatic rings. The second-order valence-electron chi connectivity index (χ2n) is 3.51. The first-order chi connectivity index (χ1) is 7.00. The van der Waals surface area contributed by atoms with E-state index in [4.69, 9.17) is 10.2 Å². The van der Waals surface area contributed by atoms with Crippen molar-refractivity contribution in [3.05, 3.63) is 29.8 Å².